The molecule has 25 heavy (non-hydrogen) atoms. The van der Waals surface area contributed by atoms with E-state index in [9.17, 15) is 0 Å². The molecule has 5 rings (SSSR count). The van der Waals surface area contributed by atoms with Gasteiger partial charge in [-0.25, -0.2) is 15.0 Å². The van der Waals surface area contributed by atoms with Gasteiger partial charge in [-0.15, -0.1) is 11.3 Å². The van der Waals surface area contributed by atoms with Crippen molar-refractivity contribution in [1.29, 1.82) is 0 Å². The maximum atomic E-state index is 4.68. The number of hydrogen-bond donors (Lipinski definition) is 0. The first-order valence-electron chi connectivity index (χ1n) is 8.74. The normalized spacial score (nSPS) is 20.2. The molecule has 0 aromatic carbocycles. The number of hydrogen-bond acceptors (Lipinski definition) is 7. The minimum Gasteiger partial charge on any atom is -0.338 e. The fraction of sp³-hybridized carbons (Fsp3) is 0.471. The third kappa shape index (κ3) is 3.01. The molecule has 0 unspecified atom stereocenters. The third-order valence-corrected chi connectivity index (χ3v) is 5.90. The van der Waals surface area contributed by atoms with Gasteiger partial charge < -0.3 is 4.90 Å². The molecule has 0 bridgehead atoms. The molecule has 2 aliphatic rings. The van der Waals surface area contributed by atoms with Crippen LogP contribution >= 0.6 is 11.3 Å². The number of imidazole rings is 1. The van der Waals surface area contributed by atoms with E-state index in [1.54, 1.807) is 11.3 Å². The van der Waals surface area contributed by atoms with Crippen molar-refractivity contribution < 1.29 is 0 Å². The van der Waals surface area contributed by atoms with Gasteiger partial charge in [0.15, 0.2) is 4.96 Å². The summed E-state index contributed by atoms with van der Waals surface area (Å²) in [6.07, 6.45) is 7.86. The van der Waals surface area contributed by atoms with E-state index in [-0.39, 0.29) is 0 Å². The van der Waals surface area contributed by atoms with Crippen LogP contribution in [0.2, 0.25) is 0 Å². The van der Waals surface area contributed by atoms with E-state index in [0.717, 1.165) is 56.7 Å². The van der Waals surface area contributed by atoms with Crippen molar-refractivity contribution in [3.63, 3.8) is 0 Å². The van der Waals surface area contributed by atoms with Crippen LogP contribution in [0.5, 0.6) is 0 Å². The first-order valence-corrected chi connectivity index (χ1v) is 9.62. The van der Waals surface area contributed by atoms with Crippen molar-refractivity contribution in [2.75, 3.05) is 44.2 Å². The summed E-state index contributed by atoms with van der Waals surface area (Å²) in [6.45, 7) is 7.46. The summed E-state index contributed by atoms with van der Waals surface area (Å²) in [5, 5.41) is 2.08. The second-order valence-electron chi connectivity index (χ2n) is 6.74. The van der Waals surface area contributed by atoms with Crippen molar-refractivity contribution in [3.05, 3.63) is 41.9 Å². The van der Waals surface area contributed by atoms with Gasteiger partial charge in [-0.2, -0.15) is 0 Å². The van der Waals surface area contributed by atoms with Gasteiger partial charge >= 0.3 is 0 Å². The predicted molar refractivity (Wildman–Crippen MR) is 98.0 cm³/mol. The minimum absolute atomic E-state index is 0.683. The summed E-state index contributed by atoms with van der Waals surface area (Å²) in [5.41, 5.74) is 1.18. The Balaban J connectivity index is 1.11. The monoisotopic (exact) mass is 355 g/mol. The first-order chi connectivity index (χ1) is 12.3. The average molecular weight is 355 g/mol. The highest BCUT2D eigenvalue weighted by Gasteiger charge is 2.34. The van der Waals surface area contributed by atoms with Gasteiger partial charge in [0.1, 0.15) is 0 Å². The molecule has 3 aromatic rings. The molecule has 2 saturated heterocycles. The van der Waals surface area contributed by atoms with Crippen molar-refractivity contribution in [2.45, 2.75) is 12.6 Å². The van der Waals surface area contributed by atoms with Gasteiger partial charge in [0.05, 0.1) is 5.69 Å². The van der Waals surface area contributed by atoms with Gasteiger partial charge in [0, 0.05) is 82.0 Å². The van der Waals surface area contributed by atoms with Crippen LogP contribution in [0.4, 0.5) is 5.95 Å². The highest BCUT2D eigenvalue weighted by atomic mass is 32.1. The van der Waals surface area contributed by atoms with E-state index in [1.165, 1.54) is 5.69 Å². The Kier molecular flexibility index (Phi) is 3.88. The Morgan fingerprint density at radius 3 is 2.64 bits per heavy atom. The van der Waals surface area contributed by atoms with Crippen LogP contribution in [0.1, 0.15) is 5.69 Å². The maximum Gasteiger partial charge on any atom is 0.225 e. The Labute approximate surface area is 150 Å². The first kappa shape index (κ1) is 15.2. The molecule has 7 nitrogen and oxygen atoms in total. The molecule has 0 N–H and O–H groups in total. The summed E-state index contributed by atoms with van der Waals surface area (Å²) in [5.74, 6) is 0.858. The van der Waals surface area contributed by atoms with Gasteiger partial charge in [-0.1, -0.05) is 0 Å². The number of likely N-dealkylation sites (tertiary alicyclic amines) is 1. The summed E-state index contributed by atoms with van der Waals surface area (Å²) in [7, 11) is 0. The molecule has 0 saturated carbocycles. The highest BCUT2D eigenvalue weighted by molar-refractivity contribution is 7.15. The number of thiazole rings is 1. The largest absolute Gasteiger partial charge is 0.338 e. The number of fused-ring (bicyclic) bond motifs is 1. The number of aromatic nitrogens is 4. The molecule has 5 heterocycles. The third-order valence-electron chi connectivity index (χ3n) is 5.13. The minimum atomic E-state index is 0.683. The fourth-order valence-corrected chi connectivity index (χ4v) is 4.44. The maximum absolute atomic E-state index is 4.68. The topological polar surface area (TPSA) is 52.8 Å². The van der Waals surface area contributed by atoms with Crippen LogP contribution in [0, 0.1) is 0 Å². The van der Waals surface area contributed by atoms with Crippen molar-refractivity contribution >= 4 is 22.2 Å². The number of piperazine rings is 1. The quantitative estimate of drug-likeness (QED) is 0.701. The molecule has 0 aliphatic carbocycles. The lowest BCUT2D eigenvalue weighted by Gasteiger charge is -2.48. The molecule has 0 atom stereocenters. The molecule has 3 aromatic heterocycles. The Hall–Kier alpha value is -2.03. The fourth-order valence-electron chi connectivity index (χ4n) is 3.73. The summed E-state index contributed by atoms with van der Waals surface area (Å²) in [6, 6.07) is 2.55. The van der Waals surface area contributed by atoms with Crippen LogP contribution in [0.15, 0.2) is 36.2 Å². The Morgan fingerprint density at radius 2 is 1.88 bits per heavy atom. The van der Waals surface area contributed by atoms with Crippen LogP contribution in [0.25, 0.3) is 4.96 Å². The second-order valence-corrected chi connectivity index (χ2v) is 7.62. The lowest BCUT2D eigenvalue weighted by atomic mass is 10.1. The van der Waals surface area contributed by atoms with Crippen LogP contribution in [-0.2, 0) is 6.54 Å². The number of anilines is 1. The Bertz CT molecular complexity index is 802. The molecular formula is C17H21N7S. The lowest BCUT2D eigenvalue weighted by molar-refractivity contribution is 0.0248. The molecule has 0 amide bonds. The number of rotatable bonds is 4. The second kappa shape index (κ2) is 6.36. The molecule has 130 valence electrons. The summed E-state index contributed by atoms with van der Waals surface area (Å²) < 4.78 is 2.11. The molecule has 0 spiro atoms. The van der Waals surface area contributed by atoms with Gasteiger partial charge in [-0.3, -0.25) is 14.2 Å². The molecule has 2 fully saturated rings. The number of nitrogens with zero attached hydrogens (tertiary/aromatic N) is 7. The zero-order valence-electron chi connectivity index (χ0n) is 14.0. The SMILES string of the molecule is c1cnc(N2CCN(C3CN(Cc4cn5ccsc5n4)C3)CC2)nc1. The smallest absolute Gasteiger partial charge is 0.225 e. The van der Waals surface area contributed by atoms with E-state index in [2.05, 4.69) is 51.8 Å². The van der Waals surface area contributed by atoms with Gasteiger partial charge in [0.25, 0.3) is 0 Å². The zero-order valence-corrected chi connectivity index (χ0v) is 14.8. The average Bonchev–Trinajstić information content (AvgIpc) is 3.20. The van der Waals surface area contributed by atoms with Crippen LogP contribution in [-0.4, -0.2) is 74.5 Å². The van der Waals surface area contributed by atoms with E-state index in [0.29, 0.717) is 6.04 Å². The van der Waals surface area contributed by atoms with Gasteiger partial charge in [-0.05, 0) is 6.07 Å². The zero-order chi connectivity index (χ0) is 16.6. The van der Waals surface area contributed by atoms with E-state index in [1.807, 2.05) is 18.5 Å². The highest BCUT2D eigenvalue weighted by Crippen LogP contribution is 2.21. The lowest BCUT2D eigenvalue weighted by Crippen LogP contribution is -2.62. The van der Waals surface area contributed by atoms with Crippen molar-refractivity contribution in [1.82, 2.24) is 29.2 Å². The molecular weight excluding hydrogens is 334 g/mol. The Morgan fingerprint density at radius 1 is 1.08 bits per heavy atom. The van der Waals surface area contributed by atoms with E-state index >= 15 is 0 Å². The van der Waals surface area contributed by atoms with Crippen LogP contribution < -0.4 is 4.90 Å². The summed E-state index contributed by atoms with van der Waals surface area (Å²) in [4.78, 5) is 21.9. The van der Waals surface area contributed by atoms with Crippen molar-refractivity contribution in [3.8, 4) is 0 Å². The van der Waals surface area contributed by atoms with E-state index < -0.39 is 0 Å². The summed E-state index contributed by atoms with van der Waals surface area (Å²) >= 11 is 1.69. The van der Waals surface area contributed by atoms with E-state index in [4.69, 9.17) is 0 Å². The molecule has 8 heteroatoms. The standard InChI is InChI=1S/C17H21N7S/c1-2-18-16(19-3-1)23-6-4-22(5-7-23)15-12-21(13-15)10-14-11-24-8-9-25-17(24)20-14/h1-3,8-9,11,15H,4-7,10,12-13H2. The predicted octanol–water partition coefficient (Wildman–Crippen LogP) is 1.19. The van der Waals surface area contributed by atoms with Crippen LogP contribution in [0.3, 0.4) is 0 Å². The van der Waals surface area contributed by atoms with Crippen molar-refractivity contribution in [2.24, 2.45) is 0 Å². The molecule has 2 aliphatic heterocycles. The molecule has 0 radical (unpaired) electrons. The van der Waals surface area contributed by atoms with Gasteiger partial charge in [0.2, 0.25) is 5.95 Å².